The molecule has 0 saturated heterocycles. The Hall–Kier alpha value is -4.16. The molecule has 2 heterocycles. The fourth-order valence-electron chi connectivity index (χ4n) is 6.52. The fraction of sp³-hybridized carbons (Fsp3) is 0.0526. The molecule has 0 saturated carbocycles. The van der Waals surface area contributed by atoms with Crippen LogP contribution in [0.4, 0.5) is 22.7 Å². The Balaban J connectivity index is 1.37. The van der Waals surface area contributed by atoms with Crippen molar-refractivity contribution in [3.8, 4) is 22.3 Å². The Kier molecular flexibility index (Phi) is 6.48. The molecule has 2 nitrogen and oxygen atoms in total. The van der Waals surface area contributed by atoms with Crippen LogP contribution in [0.1, 0.15) is 0 Å². The predicted octanol–water partition coefficient (Wildman–Crippen LogP) is 11.6. The minimum absolute atomic E-state index is 1.25. The summed E-state index contributed by atoms with van der Waals surface area (Å²) in [6.07, 6.45) is 0. The van der Waals surface area contributed by atoms with Gasteiger partial charge >= 0.3 is 0 Å². The van der Waals surface area contributed by atoms with Crippen LogP contribution in [-0.4, -0.2) is 8.40 Å². The van der Waals surface area contributed by atoms with Crippen molar-refractivity contribution in [1.29, 1.82) is 0 Å². The van der Waals surface area contributed by atoms with E-state index >= 15 is 0 Å². The summed E-state index contributed by atoms with van der Waals surface area (Å²) in [4.78, 5) is 5.26. The monoisotopic (exact) mass is 606 g/mol. The van der Waals surface area contributed by atoms with E-state index < -0.39 is 8.40 Å². The SMILES string of the molecule is C[Si](C)(N1c2ccccc2Sc2c(-c3ccccc3)cccc21)N1c2ccccc2Sc2c(-c3ccccc3)cccc21. The number of rotatable bonds is 4. The van der Waals surface area contributed by atoms with Crippen LogP contribution in [0.5, 0.6) is 0 Å². The van der Waals surface area contributed by atoms with Gasteiger partial charge in [-0.3, -0.25) is 0 Å². The molecule has 0 aromatic heterocycles. The van der Waals surface area contributed by atoms with Crippen LogP contribution in [0.25, 0.3) is 22.3 Å². The number of fused-ring (bicyclic) bond motifs is 4. The highest BCUT2D eigenvalue weighted by Gasteiger charge is 2.45. The molecule has 0 bridgehead atoms. The maximum Gasteiger partial charge on any atom is 0.267 e. The molecule has 6 aromatic carbocycles. The lowest BCUT2D eigenvalue weighted by molar-refractivity contribution is 1.12. The third-order valence-electron chi connectivity index (χ3n) is 8.37. The molecule has 208 valence electrons. The van der Waals surface area contributed by atoms with Crippen molar-refractivity contribution in [2.45, 2.75) is 32.7 Å². The highest BCUT2D eigenvalue weighted by Crippen LogP contribution is 2.58. The summed E-state index contributed by atoms with van der Waals surface area (Å²) in [6, 6.07) is 53.2. The maximum atomic E-state index is 2.70. The second-order valence-electron chi connectivity index (χ2n) is 11.3. The third-order valence-corrected chi connectivity index (χ3v) is 13.9. The first-order valence-corrected chi connectivity index (χ1v) is 19.1. The average molecular weight is 607 g/mol. The first kappa shape index (κ1) is 26.5. The highest BCUT2D eigenvalue weighted by atomic mass is 32.2. The van der Waals surface area contributed by atoms with Crippen LogP contribution in [0.15, 0.2) is 165 Å². The molecule has 0 radical (unpaired) electrons. The zero-order chi connectivity index (χ0) is 29.0. The van der Waals surface area contributed by atoms with Gasteiger partial charge in [-0.2, -0.15) is 0 Å². The molecule has 2 aliphatic heterocycles. The van der Waals surface area contributed by atoms with Gasteiger partial charge < -0.3 is 9.13 Å². The van der Waals surface area contributed by atoms with Crippen molar-refractivity contribution in [2.24, 2.45) is 0 Å². The number of nitrogens with zero attached hydrogens (tertiary/aromatic N) is 2. The van der Waals surface area contributed by atoms with Gasteiger partial charge in [-0.05, 0) is 71.7 Å². The fourth-order valence-corrected chi connectivity index (χ4v) is 12.5. The van der Waals surface area contributed by atoms with Crippen molar-refractivity contribution in [2.75, 3.05) is 9.13 Å². The van der Waals surface area contributed by atoms with E-state index in [4.69, 9.17) is 0 Å². The number of hydrogen-bond donors (Lipinski definition) is 0. The standard InChI is InChI=1S/C38H30N2S2Si/c1-43(2,39-31-21-9-11-25-35(31)41-37-29(19-13-23-33(37)39)27-15-5-3-6-16-27)40-32-22-10-12-26-36(32)42-38-30(20-14-24-34(38)40)28-17-7-4-8-18-28/h3-26H,1-2H3. The minimum Gasteiger partial charge on any atom is -0.349 e. The number of hydrogen-bond acceptors (Lipinski definition) is 4. The van der Waals surface area contributed by atoms with Gasteiger partial charge in [0, 0.05) is 42.3 Å². The van der Waals surface area contributed by atoms with E-state index in [1.807, 2.05) is 23.5 Å². The quantitative estimate of drug-likeness (QED) is 0.184. The largest absolute Gasteiger partial charge is 0.349 e. The topological polar surface area (TPSA) is 6.48 Å². The van der Waals surface area contributed by atoms with Gasteiger partial charge in [0.15, 0.2) is 0 Å². The molecule has 0 spiro atoms. The molecular weight excluding hydrogens is 577 g/mol. The number of benzene rings is 6. The summed E-state index contributed by atoms with van der Waals surface area (Å²) < 4.78 is 5.40. The van der Waals surface area contributed by atoms with Crippen LogP contribution in [-0.2, 0) is 0 Å². The molecule has 5 heteroatoms. The maximum absolute atomic E-state index is 2.70. The van der Waals surface area contributed by atoms with Crippen LogP contribution >= 0.6 is 23.5 Å². The van der Waals surface area contributed by atoms with Crippen molar-refractivity contribution in [1.82, 2.24) is 0 Å². The van der Waals surface area contributed by atoms with E-state index in [9.17, 15) is 0 Å². The summed E-state index contributed by atoms with van der Waals surface area (Å²) in [5, 5.41) is 0. The second-order valence-corrected chi connectivity index (χ2v) is 17.3. The van der Waals surface area contributed by atoms with Crippen LogP contribution in [0.3, 0.4) is 0 Å². The lowest BCUT2D eigenvalue weighted by Gasteiger charge is -2.51. The Morgan fingerprint density at radius 1 is 0.395 bits per heavy atom. The van der Waals surface area contributed by atoms with Crippen LogP contribution in [0, 0.1) is 0 Å². The number of anilines is 4. The zero-order valence-corrected chi connectivity index (χ0v) is 26.7. The summed E-state index contributed by atoms with van der Waals surface area (Å²) >= 11 is 3.80. The molecule has 0 atom stereocenters. The zero-order valence-electron chi connectivity index (χ0n) is 24.1. The predicted molar refractivity (Wildman–Crippen MR) is 187 cm³/mol. The normalized spacial score (nSPS) is 13.5. The van der Waals surface area contributed by atoms with E-state index in [2.05, 4.69) is 168 Å². The highest BCUT2D eigenvalue weighted by molar-refractivity contribution is 8.00. The Morgan fingerprint density at radius 3 is 1.21 bits per heavy atom. The summed E-state index contributed by atoms with van der Waals surface area (Å²) in [7, 11) is -2.51. The molecule has 8 rings (SSSR count). The Bertz CT molecular complexity index is 1830. The summed E-state index contributed by atoms with van der Waals surface area (Å²) in [5.41, 5.74) is 10.2. The van der Waals surface area contributed by atoms with E-state index in [0.717, 1.165) is 0 Å². The van der Waals surface area contributed by atoms with Crippen molar-refractivity contribution in [3.63, 3.8) is 0 Å². The van der Waals surface area contributed by atoms with Gasteiger partial charge in [-0.25, -0.2) is 0 Å². The van der Waals surface area contributed by atoms with Crippen molar-refractivity contribution in [3.05, 3.63) is 146 Å². The molecule has 0 amide bonds. The third kappa shape index (κ3) is 4.34. The molecule has 0 N–H and O–H groups in total. The first-order valence-electron chi connectivity index (χ1n) is 14.6. The van der Waals surface area contributed by atoms with Crippen LogP contribution in [0.2, 0.25) is 13.1 Å². The van der Waals surface area contributed by atoms with Gasteiger partial charge in [-0.15, -0.1) is 0 Å². The molecule has 43 heavy (non-hydrogen) atoms. The van der Waals surface area contributed by atoms with E-state index in [1.54, 1.807) is 0 Å². The summed E-state index contributed by atoms with van der Waals surface area (Å²) in [5.74, 6) is 0. The lowest BCUT2D eigenvalue weighted by Crippen LogP contribution is -2.60. The molecule has 6 aromatic rings. The van der Waals surface area contributed by atoms with Gasteiger partial charge in [0.2, 0.25) is 0 Å². The van der Waals surface area contributed by atoms with Crippen molar-refractivity contribution >= 4 is 54.7 Å². The minimum atomic E-state index is -2.51. The first-order chi connectivity index (χ1) is 21.1. The van der Waals surface area contributed by atoms with E-state index in [1.165, 1.54) is 64.6 Å². The van der Waals surface area contributed by atoms with Crippen molar-refractivity contribution < 1.29 is 0 Å². The lowest BCUT2D eigenvalue weighted by atomic mass is 10.0. The van der Waals surface area contributed by atoms with Gasteiger partial charge in [-0.1, -0.05) is 133 Å². The second kappa shape index (κ2) is 10.5. The number of para-hydroxylation sites is 2. The average Bonchev–Trinajstić information content (AvgIpc) is 3.06. The van der Waals surface area contributed by atoms with E-state index in [0.29, 0.717) is 0 Å². The molecule has 0 fully saturated rings. The van der Waals surface area contributed by atoms with Gasteiger partial charge in [0.25, 0.3) is 8.40 Å². The smallest absolute Gasteiger partial charge is 0.267 e. The Labute approximate surface area is 263 Å². The molecular formula is C38H30N2S2Si. The molecule has 0 aliphatic carbocycles. The summed E-state index contributed by atoms with van der Waals surface area (Å²) in [6.45, 7) is 5.01. The molecule has 0 unspecified atom stereocenters. The van der Waals surface area contributed by atoms with E-state index in [-0.39, 0.29) is 0 Å². The van der Waals surface area contributed by atoms with Gasteiger partial charge in [0.1, 0.15) is 0 Å². The van der Waals surface area contributed by atoms with Gasteiger partial charge in [0.05, 0.1) is 0 Å². The molecule has 2 aliphatic rings. The Morgan fingerprint density at radius 2 is 0.767 bits per heavy atom. The van der Waals surface area contributed by atoms with Crippen LogP contribution < -0.4 is 9.13 Å².